The Balaban J connectivity index is 1.56. The third kappa shape index (κ3) is 3.67. The second kappa shape index (κ2) is 7.27. The number of imide groups is 1. The van der Waals surface area contributed by atoms with Gasteiger partial charge in [0, 0.05) is 7.05 Å². The molecule has 0 spiro atoms. The molecule has 0 unspecified atom stereocenters. The van der Waals surface area contributed by atoms with Crippen molar-refractivity contribution in [2.24, 2.45) is 7.05 Å². The van der Waals surface area contributed by atoms with Crippen LogP contribution in [0.25, 0.3) is 11.0 Å². The Kier molecular flexibility index (Phi) is 4.89. The van der Waals surface area contributed by atoms with E-state index in [1.54, 1.807) is 24.6 Å². The molecule has 0 aliphatic rings. The third-order valence-electron chi connectivity index (χ3n) is 3.38. The molecule has 0 saturated carbocycles. The fourth-order valence-corrected chi connectivity index (χ4v) is 2.76. The molecule has 0 radical (unpaired) electrons. The van der Waals surface area contributed by atoms with E-state index in [1.807, 2.05) is 0 Å². The van der Waals surface area contributed by atoms with Crippen LogP contribution in [-0.4, -0.2) is 43.7 Å². The number of fused-ring (bicyclic) bond motifs is 1. The maximum absolute atomic E-state index is 12.2. The highest BCUT2D eigenvalue weighted by atomic mass is 32.1. The van der Waals surface area contributed by atoms with E-state index in [4.69, 9.17) is 4.74 Å². The minimum Gasteiger partial charge on any atom is -0.454 e. The van der Waals surface area contributed by atoms with Crippen LogP contribution < -0.4 is 10.9 Å². The number of aromatic nitrogens is 4. The molecule has 2 amide bonds. The molecular formula is C15H13N5O5S. The van der Waals surface area contributed by atoms with E-state index in [-0.39, 0.29) is 5.39 Å². The first-order valence-electron chi connectivity index (χ1n) is 7.36. The standard InChI is InChI=1S/C15H13N5O5S/c1-19-13-9(5-17-19)15(24)20(8-16-13)6-12(22)25-7-11(21)18-14(23)10-3-2-4-26-10/h2-5,8H,6-7H2,1H3,(H,18,21,23). The molecule has 0 bridgehead atoms. The SMILES string of the molecule is Cn1ncc2c(=O)n(CC(=O)OCC(=O)NC(=O)c3cccs3)cnc21. The zero-order valence-corrected chi connectivity index (χ0v) is 14.4. The van der Waals surface area contributed by atoms with Crippen molar-refractivity contribution in [2.45, 2.75) is 6.54 Å². The summed E-state index contributed by atoms with van der Waals surface area (Å²) < 4.78 is 7.29. The van der Waals surface area contributed by atoms with Gasteiger partial charge in [0.25, 0.3) is 17.4 Å². The first-order valence-corrected chi connectivity index (χ1v) is 8.24. The minimum atomic E-state index is -0.809. The van der Waals surface area contributed by atoms with Crippen LogP contribution in [0.1, 0.15) is 9.67 Å². The number of carbonyl (C=O) groups excluding carboxylic acids is 3. The maximum Gasteiger partial charge on any atom is 0.326 e. The molecule has 11 heteroatoms. The van der Waals surface area contributed by atoms with Crippen molar-refractivity contribution in [3.63, 3.8) is 0 Å². The Hall–Kier alpha value is -3.34. The summed E-state index contributed by atoms with van der Waals surface area (Å²) in [6.45, 7) is -1.05. The molecule has 0 fully saturated rings. The lowest BCUT2D eigenvalue weighted by molar-refractivity contribution is -0.148. The van der Waals surface area contributed by atoms with Gasteiger partial charge in [-0.05, 0) is 11.4 Å². The van der Waals surface area contributed by atoms with Gasteiger partial charge in [-0.2, -0.15) is 5.10 Å². The van der Waals surface area contributed by atoms with E-state index in [0.717, 1.165) is 4.57 Å². The number of thiophene rings is 1. The number of nitrogens with zero attached hydrogens (tertiary/aromatic N) is 4. The number of nitrogens with one attached hydrogen (secondary N) is 1. The molecule has 0 aromatic carbocycles. The van der Waals surface area contributed by atoms with Gasteiger partial charge >= 0.3 is 5.97 Å². The lowest BCUT2D eigenvalue weighted by Crippen LogP contribution is -2.34. The molecule has 0 aliphatic heterocycles. The smallest absolute Gasteiger partial charge is 0.326 e. The van der Waals surface area contributed by atoms with Gasteiger partial charge in [-0.25, -0.2) is 4.98 Å². The second-order valence-corrected chi connectivity index (χ2v) is 6.15. The fraction of sp³-hybridized carbons (Fsp3) is 0.200. The summed E-state index contributed by atoms with van der Waals surface area (Å²) in [5.74, 6) is -2.13. The van der Waals surface area contributed by atoms with Crippen molar-refractivity contribution in [2.75, 3.05) is 6.61 Å². The third-order valence-corrected chi connectivity index (χ3v) is 4.25. The molecule has 3 rings (SSSR count). The fourth-order valence-electron chi connectivity index (χ4n) is 2.14. The summed E-state index contributed by atoms with van der Waals surface area (Å²) in [4.78, 5) is 51.8. The monoisotopic (exact) mass is 375 g/mol. The van der Waals surface area contributed by atoms with E-state index < -0.39 is 36.5 Å². The number of hydrogen-bond donors (Lipinski definition) is 1. The molecule has 3 aromatic rings. The lowest BCUT2D eigenvalue weighted by Gasteiger charge is -2.07. The normalized spacial score (nSPS) is 10.7. The van der Waals surface area contributed by atoms with Crippen molar-refractivity contribution >= 4 is 40.2 Å². The summed E-state index contributed by atoms with van der Waals surface area (Å²) in [6.07, 6.45) is 2.56. The number of rotatable bonds is 5. The Morgan fingerprint density at radius 3 is 2.88 bits per heavy atom. The molecule has 3 heterocycles. The Morgan fingerprint density at radius 2 is 2.15 bits per heavy atom. The molecule has 26 heavy (non-hydrogen) atoms. The Bertz CT molecular complexity index is 1040. The van der Waals surface area contributed by atoms with Crippen LogP contribution in [0.4, 0.5) is 0 Å². The van der Waals surface area contributed by atoms with Gasteiger partial charge in [0.05, 0.1) is 11.1 Å². The Labute approximate surface area is 150 Å². The number of hydrogen-bond acceptors (Lipinski definition) is 8. The van der Waals surface area contributed by atoms with Gasteiger partial charge in [0.15, 0.2) is 12.3 Å². The Morgan fingerprint density at radius 1 is 1.35 bits per heavy atom. The van der Waals surface area contributed by atoms with E-state index >= 15 is 0 Å². The summed E-state index contributed by atoms with van der Waals surface area (Å²) in [5, 5.41) is 7.99. The van der Waals surface area contributed by atoms with E-state index in [1.165, 1.54) is 28.5 Å². The molecule has 0 atom stereocenters. The van der Waals surface area contributed by atoms with Crippen molar-refractivity contribution in [1.29, 1.82) is 0 Å². The lowest BCUT2D eigenvalue weighted by atomic mass is 10.4. The van der Waals surface area contributed by atoms with Gasteiger partial charge in [-0.1, -0.05) is 6.07 Å². The maximum atomic E-state index is 12.2. The van der Waals surface area contributed by atoms with E-state index in [0.29, 0.717) is 10.5 Å². The molecule has 3 aromatic heterocycles. The van der Waals surface area contributed by atoms with Crippen LogP contribution in [-0.2, 0) is 27.9 Å². The zero-order chi connectivity index (χ0) is 18.7. The number of amides is 2. The predicted molar refractivity (Wildman–Crippen MR) is 90.5 cm³/mol. The molecular weight excluding hydrogens is 362 g/mol. The molecule has 0 saturated heterocycles. The second-order valence-electron chi connectivity index (χ2n) is 5.20. The highest BCUT2D eigenvalue weighted by Gasteiger charge is 2.15. The van der Waals surface area contributed by atoms with Gasteiger partial charge in [0.1, 0.15) is 18.3 Å². The van der Waals surface area contributed by atoms with E-state index in [9.17, 15) is 19.2 Å². The number of ether oxygens (including phenoxy) is 1. The van der Waals surface area contributed by atoms with E-state index in [2.05, 4.69) is 15.4 Å². The highest BCUT2D eigenvalue weighted by molar-refractivity contribution is 7.12. The average molecular weight is 375 g/mol. The summed E-state index contributed by atoms with van der Waals surface area (Å²) in [6, 6.07) is 3.24. The number of carbonyl (C=O) groups is 3. The number of esters is 1. The summed E-state index contributed by atoms with van der Waals surface area (Å²) >= 11 is 1.18. The highest BCUT2D eigenvalue weighted by Crippen LogP contribution is 2.07. The van der Waals surface area contributed by atoms with Gasteiger partial charge in [-0.3, -0.25) is 33.7 Å². The summed E-state index contributed by atoms with van der Waals surface area (Å²) in [7, 11) is 1.64. The van der Waals surface area contributed by atoms with Crippen LogP contribution in [0, 0.1) is 0 Å². The van der Waals surface area contributed by atoms with Crippen molar-refractivity contribution < 1.29 is 19.1 Å². The van der Waals surface area contributed by atoms with Crippen LogP contribution in [0.3, 0.4) is 0 Å². The van der Waals surface area contributed by atoms with Crippen LogP contribution in [0.5, 0.6) is 0 Å². The average Bonchev–Trinajstić information content (AvgIpc) is 3.26. The zero-order valence-electron chi connectivity index (χ0n) is 13.5. The van der Waals surface area contributed by atoms with Gasteiger partial charge < -0.3 is 4.74 Å². The molecule has 134 valence electrons. The summed E-state index contributed by atoms with van der Waals surface area (Å²) in [5.41, 5.74) is -0.0524. The first-order chi connectivity index (χ1) is 12.5. The van der Waals surface area contributed by atoms with Gasteiger partial charge in [0.2, 0.25) is 0 Å². The minimum absolute atomic E-state index is 0.266. The first kappa shape index (κ1) is 17.5. The van der Waals surface area contributed by atoms with Crippen molar-refractivity contribution in [3.05, 3.63) is 45.3 Å². The van der Waals surface area contributed by atoms with Crippen LogP contribution in [0.15, 0.2) is 34.8 Å². The van der Waals surface area contributed by atoms with Crippen LogP contribution in [0.2, 0.25) is 0 Å². The predicted octanol–water partition coefficient (Wildman–Crippen LogP) is -0.309. The number of aryl methyl sites for hydroxylation is 1. The quantitative estimate of drug-likeness (QED) is 0.606. The molecule has 0 aliphatic carbocycles. The van der Waals surface area contributed by atoms with Crippen molar-refractivity contribution in [3.8, 4) is 0 Å². The molecule has 1 N–H and O–H groups in total. The topological polar surface area (TPSA) is 125 Å². The van der Waals surface area contributed by atoms with Crippen molar-refractivity contribution in [1.82, 2.24) is 24.6 Å². The van der Waals surface area contributed by atoms with Gasteiger partial charge in [-0.15, -0.1) is 11.3 Å². The van der Waals surface area contributed by atoms with Crippen LogP contribution >= 0.6 is 11.3 Å². The molecule has 10 nitrogen and oxygen atoms in total. The largest absolute Gasteiger partial charge is 0.454 e.